The van der Waals surface area contributed by atoms with Crippen LogP contribution in [0.5, 0.6) is 0 Å². The van der Waals surface area contributed by atoms with E-state index in [2.05, 4.69) is 6.58 Å². The average Bonchev–Trinajstić information content (AvgIpc) is 2.03. The van der Waals surface area contributed by atoms with Crippen LogP contribution in [0.2, 0.25) is 5.02 Å². The largest absolute Gasteiger partial charge is 0.378 e. The van der Waals surface area contributed by atoms with E-state index in [1.54, 1.807) is 0 Å². The van der Waals surface area contributed by atoms with E-state index in [1.165, 1.54) is 5.56 Å². The van der Waals surface area contributed by atoms with E-state index in [9.17, 15) is 0 Å². The molecule has 13 heavy (non-hydrogen) atoms. The number of rotatable bonds is 2. The van der Waals surface area contributed by atoms with Gasteiger partial charge in [0.2, 0.25) is 0 Å². The number of aryl methyl sites for hydroxylation is 1. The summed E-state index contributed by atoms with van der Waals surface area (Å²) in [7, 11) is 3.91. The zero-order chi connectivity index (χ0) is 10.0. The number of hydrogen-bond donors (Lipinski definition) is 0. The highest BCUT2D eigenvalue weighted by atomic mass is 35.5. The maximum absolute atomic E-state index is 6.08. The van der Waals surface area contributed by atoms with E-state index in [0.717, 1.165) is 16.3 Å². The lowest BCUT2D eigenvalue weighted by molar-refractivity contribution is 0.593. The molecule has 1 rings (SSSR count). The molecular formula is C11H14ClN. The highest BCUT2D eigenvalue weighted by Crippen LogP contribution is 2.24. The van der Waals surface area contributed by atoms with Crippen LogP contribution in [-0.2, 0) is 0 Å². The average molecular weight is 196 g/mol. The molecule has 0 spiro atoms. The van der Waals surface area contributed by atoms with Gasteiger partial charge in [0, 0.05) is 25.4 Å². The summed E-state index contributed by atoms with van der Waals surface area (Å²) < 4.78 is 0. The Morgan fingerprint density at radius 2 is 2.00 bits per heavy atom. The first kappa shape index (κ1) is 10.1. The van der Waals surface area contributed by atoms with Gasteiger partial charge in [-0.25, -0.2) is 0 Å². The van der Waals surface area contributed by atoms with Crippen molar-refractivity contribution in [1.29, 1.82) is 0 Å². The van der Waals surface area contributed by atoms with E-state index < -0.39 is 0 Å². The molecule has 0 bridgehead atoms. The molecule has 2 heteroatoms. The molecule has 0 saturated carbocycles. The van der Waals surface area contributed by atoms with Crippen molar-refractivity contribution < 1.29 is 0 Å². The fourth-order valence-electron chi connectivity index (χ4n) is 1.10. The third kappa shape index (κ3) is 2.25. The molecule has 0 aliphatic carbocycles. The standard InChI is InChI=1S/C11H14ClN/c1-8-5-6-10(11(12)7-8)9(2)13(3)4/h5-7H,2H2,1,3-4H3. The summed E-state index contributed by atoms with van der Waals surface area (Å²) in [6.07, 6.45) is 0. The van der Waals surface area contributed by atoms with Crippen molar-refractivity contribution in [2.24, 2.45) is 0 Å². The fourth-order valence-corrected chi connectivity index (χ4v) is 1.44. The first-order chi connectivity index (χ1) is 6.02. The van der Waals surface area contributed by atoms with Crippen LogP contribution in [0.1, 0.15) is 11.1 Å². The summed E-state index contributed by atoms with van der Waals surface area (Å²) in [5.41, 5.74) is 3.10. The topological polar surface area (TPSA) is 3.24 Å². The van der Waals surface area contributed by atoms with E-state index in [4.69, 9.17) is 11.6 Å². The molecule has 0 unspecified atom stereocenters. The van der Waals surface area contributed by atoms with Gasteiger partial charge >= 0.3 is 0 Å². The molecule has 1 nitrogen and oxygen atoms in total. The van der Waals surface area contributed by atoms with Crippen molar-refractivity contribution in [3.8, 4) is 0 Å². The Bertz CT molecular complexity index is 329. The molecule has 0 aromatic heterocycles. The monoisotopic (exact) mass is 195 g/mol. The first-order valence-corrected chi connectivity index (χ1v) is 4.53. The van der Waals surface area contributed by atoms with Crippen molar-refractivity contribution in [3.05, 3.63) is 40.9 Å². The molecule has 0 saturated heterocycles. The lowest BCUT2D eigenvalue weighted by Gasteiger charge is -2.17. The molecule has 0 amide bonds. The minimum Gasteiger partial charge on any atom is -0.378 e. The smallest absolute Gasteiger partial charge is 0.0501 e. The Balaban J connectivity index is 3.09. The van der Waals surface area contributed by atoms with Crippen molar-refractivity contribution in [1.82, 2.24) is 4.90 Å². The highest BCUT2D eigenvalue weighted by molar-refractivity contribution is 6.32. The molecule has 0 radical (unpaired) electrons. The van der Waals surface area contributed by atoms with Crippen molar-refractivity contribution >= 4 is 17.3 Å². The predicted octanol–water partition coefficient (Wildman–Crippen LogP) is 3.18. The zero-order valence-electron chi connectivity index (χ0n) is 8.26. The summed E-state index contributed by atoms with van der Waals surface area (Å²) in [5.74, 6) is 0. The highest BCUT2D eigenvalue weighted by Gasteiger charge is 2.05. The molecule has 70 valence electrons. The van der Waals surface area contributed by atoms with Crippen molar-refractivity contribution in [2.45, 2.75) is 6.92 Å². The normalized spacial score (nSPS) is 9.85. The molecule has 0 N–H and O–H groups in total. The SMILES string of the molecule is C=C(c1ccc(C)cc1Cl)N(C)C. The molecular weight excluding hydrogens is 182 g/mol. The summed E-state index contributed by atoms with van der Waals surface area (Å²) in [5, 5.41) is 0.763. The van der Waals surface area contributed by atoms with Gasteiger partial charge in [-0.1, -0.05) is 30.3 Å². The molecule has 0 atom stereocenters. The Labute approximate surface area is 84.6 Å². The summed E-state index contributed by atoms with van der Waals surface area (Å²) in [6.45, 7) is 5.98. The van der Waals surface area contributed by atoms with Gasteiger partial charge in [-0.05, 0) is 18.6 Å². The van der Waals surface area contributed by atoms with Gasteiger partial charge in [-0.2, -0.15) is 0 Å². The van der Waals surface area contributed by atoms with Crippen LogP contribution in [-0.4, -0.2) is 19.0 Å². The Morgan fingerprint density at radius 1 is 1.38 bits per heavy atom. The summed E-state index contributed by atoms with van der Waals surface area (Å²) in [4.78, 5) is 1.95. The molecule has 0 aliphatic heterocycles. The third-order valence-electron chi connectivity index (χ3n) is 1.98. The molecule has 1 aromatic rings. The van der Waals surface area contributed by atoms with Crippen LogP contribution < -0.4 is 0 Å². The van der Waals surface area contributed by atoms with Crippen molar-refractivity contribution in [2.75, 3.05) is 14.1 Å². The van der Waals surface area contributed by atoms with Gasteiger partial charge in [-0.15, -0.1) is 0 Å². The van der Waals surface area contributed by atoms with Gasteiger partial charge in [0.1, 0.15) is 0 Å². The fraction of sp³-hybridized carbons (Fsp3) is 0.273. The molecule has 1 aromatic carbocycles. The van der Waals surface area contributed by atoms with Crippen LogP contribution in [0.4, 0.5) is 0 Å². The minimum absolute atomic E-state index is 0.763. The van der Waals surface area contributed by atoms with Crippen LogP contribution >= 0.6 is 11.6 Å². The Morgan fingerprint density at radius 3 is 2.46 bits per heavy atom. The number of nitrogens with zero attached hydrogens (tertiary/aromatic N) is 1. The maximum atomic E-state index is 6.08. The Kier molecular flexibility index (Phi) is 2.99. The van der Waals surface area contributed by atoms with Crippen LogP contribution in [0.3, 0.4) is 0 Å². The second-order valence-corrected chi connectivity index (χ2v) is 3.73. The quantitative estimate of drug-likeness (QED) is 0.701. The molecule has 0 heterocycles. The first-order valence-electron chi connectivity index (χ1n) is 4.15. The lowest BCUT2D eigenvalue weighted by atomic mass is 10.1. The van der Waals surface area contributed by atoms with E-state index in [1.807, 2.05) is 44.1 Å². The third-order valence-corrected chi connectivity index (χ3v) is 2.29. The van der Waals surface area contributed by atoms with Gasteiger partial charge in [0.25, 0.3) is 0 Å². The molecule has 0 aliphatic rings. The van der Waals surface area contributed by atoms with Gasteiger partial charge < -0.3 is 4.90 Å². The van der Waals surface area contributed by atoms with Crippen LogP contribution in [0, 0.1) is 6.92 Å². The van der Waals surface area contributed by atoms with Crippen LogP contribution in [0.15, 0.2) is 24.8 Å². The summed E-state index contributed by atoms with van der Waals surface area (Å²) in [6, 6.07) is 5.99. The second kappa shape index (κ2) is 3.84. The number of halogens is 1. The van der Waals surface area contributed by atoms with Gasteiger partial charge in [0.15, 0.2) is 0 Å². The summed E-state index contributed by atoms with van der Waals surface area (Å²) >= 11 is 6.08. The molecule has 0 fully saturated rings. The minimum atomic E-state index is 0.763. The maximum Gasteiger partial charge on any atom is 0.0501 e. The van der Waals surface area contributed by atoms with Gasteiger partial charge in [0.05, 0.1) is 5.02 Å². The van der Waals surface area contributed by atoms with Crippen molar-refractivity contribution in [3.63, 3.8) is 0 Å². The van der Waals surface area contributed by atoms with E-state index in [-0.39, 0.29) is 0 Å². The Hall–Kier alpha value is -0.950. The lowest BCUT2D eigenvalue weighted by Crippen LogP contribution is -2.08. The number of hydrogen-bond acceptors (Lipinski definition) is 1. The van der Waals surface area contributed by atoms with Gasteiger partial charge in [-0.3, -0.25) is 0 Å². The zero-order valence-corrected chi connectivity index (χ0v) is 9.02. The van der Waals surface area contributed by atoms with Crippen LogP contribution in [0.25, 0.3) is 5.70 Å². The van der Waals surface area contributed by atoms with E-state index in [0.29, 0.717) is 0 Å². The number of benzene rings is 1. The second-order valence-electron chi connectivity index (χ2n) is 3.32. The van der Waals surface area contributed by atoms with E-state index >= 15 is 0 Å². The predicted molar refractivity (Wildman–Crippen MR) is 58.9 cm³/mol.